The molecule has 4 heteroatoms. The van der Waals surface area contributed by atoms with Gasteiger partial charge in [-0.1, -0.05) is 48.0 Å². The summed E-state index contributed by atoms with van der Waals surface area (Å²) in [5.74, 6) is 0.0109. The lowest BCUT2D eigenvalue weighted by molar-refractivity contribution is -0.128. The zero-order chi connectivity index (χ0) is 17.4. The molecule has 1 aromatic heterocycles. The van der Waals surface area contributed by atoms with Gasteiger partial charge < -0.3 is 9.88 Å². The molecule has 0 fully saturated rings. The Hall–Kier alpha value is -2.52. The van der Waals surface area contributed by atoms with Crippen LogP contribution in [0, 0.1) is 0 Å². The Balaban J connectivity index is 1.60. The van der Waals surface area contributed by atoms with E-state index in [1.54, 1.807) is 12.2 Å². The van der Waals surface area contributed by atoms with Gasteiger partial charge in [0.25, 0.3) is 0 Å². The van der Waals surface area contributed by atoms with E-state index >= 15 is 0 Å². The first-order valence-corrected chi connectivity index (χ1v) is 8.85. The van der Waals surface area contributed by atoms with E-state index in [-0.39, 0.29) is 11.9 Å². The first-order chi connectivity index (χ1) is 12.1. The molecule has 0 spiro atoms. The summed E-state index contributed by atoms with van der Waals surface area (Å²) in [5.41, 5.74) is 4.47. The molecule has 1 atom stereocenters. The van der Waals surface area contributed by atoms with Gasteiger partial charge in [-0.3, -0.25) is 4.79 Å². The molecule has 3 aromatic rings. The van der Waals surface area contributed by atoms with Gasteiger partial charge in [-0.2, -0.15) is 0 Å². The van der Waals surface area contributed by atoms with Gasteiger partial charge in [0.1, 0.15) is 0 Å². The second kappa shape index (κ2) is 6.41. The average molecular weight is 351 g/mol. The van der Waals surface area contributed by atoms with Crippen LogP contribution in [0.2, 0.25) is 5.02 Å². The smallest absolute Gasteiger partial charge is 0.247 e. The monoisotopic (exact) mass is 350 g/mol. The van der Waals surface area contributed by atoms with Crippen molar-refractivity contribution in [2.24, 2.45) is 0 Å². The number of para-hydroxylation sites is 1. The molecule has 0 saturated carbocycles. The molecule has 1 aliphatic rings. The van der Waals surface area contributed by atoms with Gasteiger partial charge in [0.2, 0.25) is 5.91 Å². The molecule has 1 unspecified atom stereocenters. The van der Waals surface area contributed by atoms with E-state index in [1.165, 1.54) is 10.9 Å². The van der Waals surface area contributed by atoms with E-state index in [2.05, 4.69) is 30.1 Å². The summed E-state index contributed by atoms with van der Waals surface area (Å²) in [6.07, 6.45) is 4.28. The summed E-state index contributed by atoms with van der Waals surface area (Å²) in [7, 11) is 0. The van der Waals surface area contributed by atoms with Gasteiger partial charge in [-0.25, -0.2) is 0 Å². The van der Waals surface area contributed by atoms with Crippen molar-refractivity contribution in [2.45, 2.75) is 19.4 Å². The van der Waals surface area contributed by atoms with E-state index in [0.29, 0.717) is 5.02 Å². The van der Waals surface area contributed by atoms with Gasteiger partial charge in [0, 0.05) is 34.2 Å². The molecule has 0 aliphatic carbocycles. The van der Waals surface area contributed by atoms with Gasteiger partial charge in [0.05, 0.1) is 6.04 Å². The molecule has 1 N–H and O–H groups in total. The molecular formula is C21H19ClN2O. The predicted molar refractivity (Wildman–Crippen MR) is 103 cm³/mol. The third-order valence-electron chi connectivity index (χ3n) is 4.93. The summed E-state index contributed by atoms with van der Waals surface area (Å²) in [6.45, 7) is 2.80. The number of amides is 1. The van der Waals surface area contributed by atoms with Gasteiger partial charge >= 0.3 is 0 Å². The number of nitrogens with one attached hydrogen (secondary N) is 1. The van der Waals surface area contributed by atoms with Crippen LogP contribution in [0.4, 0.5) is 0 Å². The summed E-state index contributed by atoms with van der Waals surface area (Å²) in [4.78, 5) is 18.1. The van der Waals surface area contributed by atoms with E-state index in [9.17, 15) is 4.79 Å². The van der Waals surface area contributed by atoms with Gasteiger partial charge in [0.15, 0.2) is 0 Å². The van der Waals surface area contributed by atoms with Crippen LogP contribution in [0.25, 0.3) is 17.0 Å². The Bertz CT molecular complexity index is 973. The molecule has 0 saturated heterocycles. The van der Waals surface area contributed by atoms with Crippen LogP contribution >= 0.6 is 11.6 Å². The number of rotatable bonds is 2. The van der Waals surface area contributed by atoms with Crippen LogP contribution in [0.1, 0.15) is 29.8 Å². The minimum absolute atomic E-state index is 0.0109. The molecule has 0 bridgehead atoms. The Morgan fingerprint density at radius 1 is 1.20 bits per heavy atom. The molecular weight excluding hydrogens is 332 g/mol. The van der Waals surface area contributed by atoms with Crippen molar-refractivity contribution < 1.29 is 4.79 Å². The van der Waals surface area contributed by atoms with Crippen molar-refractivity contribution in [3.8, 4) is 0 Å². The highest BCUT2D eigenvalue weighted by atomic mass is 35.5. The van der Waals surface area contributed by atoms with Gasteiger partial charge in [-0.05, 0) is 42.7 Å². The third kappa shape index (κ3) is 2.85. The molecule has 1 aliphatic heterocycles. The number of benzene rings is 2. The largest absolute Gasteiger partial charge is 0.356 e. The zero-order valence-corrected chi connectivity index (χ0v) is 14.8. The number of aromatic nitrogens is 1. The number of nitrogens with zero attached hydrogens (tertiary/aromatic N) is 1. The lowest BCUT2D eigenvalue weighted by atomic mass is 9.98. The van der Waals surface area contributed by atoms with E-state index in [4.69, 9.17) is 11.6 Å². The highest BCUT2D eigenvalue weighted by molar-refractivity contribution is 6.32. The molecule has 2 aromatic carbocycles. The number of halogens is 1. The molecule has 2 heterocycles. The average Bonchev–Trinajstić information content (AvgIpc) is 3.01. The van der Waals surface area contributed by atoms with Crippen molar-refractivity contribution in [3.05, 3.63) is 76.5 Å². The third-order valence-corrected chi connectivity index (χ3v) is 5.27. The first-order valence-electron chi connectivity index (χ1n) is 8.48. The maximum Gasteiger partial charge on any atom is 0.247 e. The van der Waals surface area contributed by atoms with Gasteiger partial charge in [-0.15, -0.1) is 0 Å². The van der Waals surface area contributed by atoms with E-state index < -0.39 is 0 Å². The highest BCUT2D eigenvalue weighted by Crippen LogP contribution is 2.34. The first kappa shape index (κ1) is 16.0. The number of carbonyl (C=O) groups is 1. The lowest BCUT2D eigenvalue weighted by Crippen LogP contribution is -2.37. The van der Waals surface area contributed by atoms with E-state index in [0.717, 1.165) is 29.7 Å². The molecule has 3 nitrogen and oxygen atoms in total. The minimum atomic E-state index is 0.0109. The number of hydrogen-bond donors (Lipinski definition) is 1. The molecule has 0 radical (unpaired) electrons. The number of hydrogen-bond acceptors (Lipinski definition) is 1. The minimum Gasteiger partial charge on any atom is -0.356 e. The number of H-pyrrole nitrogens is 1. The summed E-state index contributed by atoms with van der Waals surface area (Å²) in [5, 5.41) is 1.92. The maximum absolute atomic E-state index is 12.7. The molecule has 4 rings (SSSR count). The van der Waals surface area contributed by atoms with Crippen molar-refractivity contribution in [2.75, 3.05) is 6.54 Å². The fourth-order valence-electron chi connectivity index (χ4n) is 3.60. The molecule has 126 valence electrons. The highest BCUT2D eigenvalue weighted by Gasteiger charge is 2.29. The summed E-state index contributed by atoms with van der Waals surface area (Å²) >= 11 is 6.15. The molecule has 25 heavy (non-hydrogen) atoms. The topological polar surface area (TPSA) is 36.1 Å². The van der Waals surface area contributed by atoms with Crippen molar-refractivity contribution >= 4 is 34.5 Å². The number of aromatic amines is 1. The lowest BCUT2D eigenvalue weighted by Gasteiger charge is -2.32. The van der Waals surface area contributed by atoms with Crippen molar-refractivity contribution in [3.63, 3.8) is 0 Å². The maximum atomic E-state index is 12.7. The van der Waals surface area contributed by atoms with Crippen LogP contribution in [0.3, 0.4) is 0 Å². The second-order valence-electron chi connectivity index (χ2n) is 6.38. The fraction of sp³-hybridized carbons (Fsp3) is 0.190. The Morgan fingerprint density at radius 3 is 2.80 bits per heavy atom. The predicted octanol–water partition coefficient (Wildman–Crippen LogP) is 4.98. The van der Waals surface area contributed by atoms with Crippen LogP contribution in [0.5, 0.6) is 0 Å². The van der Waals surface area contributed by atoms with Crippen molar-refractivity contribution in [1.29, 1.82) is 0 Å². The van der Waals surface area contributed by atoms with Crippen molar-refractivity contribution in [1.82, 2.24) is 9.88 Å². The standard InChI is InChI=1S/C21H19ClN2O/c1-14-21-17(16-7-3-5-9-19(16)23-21)12-13-24(14)20(25)11-10-15-6-2-4-8-18(15)22/h2-11,14,23H,12-13H2,1H3/b11-10+. The Labute approximate surface area is 151 Å². The molecule has 1 amide bonds. The summed E-state index contributed by atoms with van der Waals surface area (Å²) < 4.78 is 0. The normalized spacial score (nSPS) is 17.2. The van der Waals surface area contributed by atoms with Crippen LogP contribution < -0.4 is 0 Å². The number of fused-ring (bicyclic) bond motifs is 3. The van der Waals surface area contributed by atoms with Crippen LogP contribution in [-0.2, 0) is 11.2 Å². The number of carbonyl (C=O) groups excluding carboxylic acids is 1. The quantitative estimate of drug-likeness (QED) is 0.650. The SMILES string of the molecule is CC1c2[nH]c3ccccc3c2CCN1C(=O)/C=C/c1ccccc1Cl. The zero-order valence-electron chi connectivity index (χ0n) is 14.0. The Kier molecular flexibility index (Phi) is 4.10. The van der Waals surface area contributed by atoms with Crippen LogP contribution in [-0.4, -0.2) is 22.3 Å². The fourth-order valence-corrected chi connectivity index (χ4v) is 3.80. The Morgan fingerprint density at radius 2 is 1.96 bits per heavy atom. The second-order valence-corrected chi connectivity index (χ2v) is 6.78. The van der Waals surface area contributed by atoms with E-state index in [1.807, 2.05) is 35.2 Å². The summed E-state index contributed by atoms with van der Waals surface area (Å²) in [6, 6.07) is 15.9. The van der Waals surface area contributed by atoms with Crippen LogP contribution in [0.15, 0.2) is 54.6 Å².